The Labute approximate surface area is 351 Å². The van der Waals surface area contributed by atoms with Crippen LogP contribution in [0.1, 0.15) is 44.5 Å². The van der Waals surface area contributed by atoms with Crippen molar-refractivity contribution < 1.29 is 0 Å². The summed E-state index contributed by atoms with van der Waals surface area (Å²) in [6.45, 7) is 8.45. The Balaban J connectivity index is 0.000000684. The third kappa shape index (κ3) is 11.0. The lowest BCUT2D eigenvalue weighted by Gasteiger charge is -2.25. The van der Waals surface area contributed by atoms with Crippen molar-refractivity contribution in [3.05, 3.63) is 245 Å². The average molecular weight is 765 g/mol. The smallest absolute Gasteiger partial charge is 0.0462 e. The van der Waals surface area contributed by atoms with E-state index in [2.05, 4.69) is 251 Å². The summed E-state index contributed by atoms with van der Waals surface area (Å²) in [5, 5.41) is 0. The molecule has 0 saturated carbocycles. The molecule has 290 valence electrons. The van der Waals surface area contributed by atoms with Crippen molar-refractivity contribution in [2.24, 2.45) is 0 Å². The van der Waals surface area contributed by atoms with Crippen molar-refractivity contribution in [1.82, 2.24) is 0 Å². The summed E-state index contributed by atoms with van der Waals surface area (Å²) < 4.78 is 0. The van der Waals surface area contributed by atoms with Gasteiger partial charge in [0, 0.05) is 35.5 Å². The van der Waals surface area contributed by atoms with Gasteiger partial charge in [-0.15, -0.1) is 0 Å². The fraction of sp³-hybridized carbons (Fsp3) is 0.0877. The van der Waals surface area contributed by atoms with Crippen molar-refractivity contribution in [3.8, 4) is 11.1 Å². The zero-order chi connectivity index (χ0) is 41.0. The van der Waals surface area contributed by atoms with Gasteiger partial charge in [-0.3, -0.25) is 0 Å². The first-order chi connectivity index (χ1) is 28.8. The first-order valence-electron chi connectivity index (χ1n) is 20.3. The molecule has 0 aromatic heterocycles. The first kappa shape index (κ1) is 40.1. The van der Waals surface area contributed by atoms with Crippen LogP contribution in [0.15, 0.2) is 200 Å². The van der Waals surface area contributed by atoms with Gasteiger partial charge in [-0.2, -0.15) is 0 Å². The molecule has 8 aromatic carbocycles. The predicted molar refractivity (Wildman–Crippen MR) is 257 cm³/mol. The number of aryl methyl sites for hydroxylation is 4. The number of hydrogen-bond donors (Lipinski definition) is 0. The third-order valence-corrected chi connectivity index (χ3v) is 10.5. The highest BCUT2D eigenvalue weighted by Gasteiger charge is 2.12. The third-order valence-electron chi connectivity index (χ3n) is 10.5. The maximum absolute atomic E-state index is 2.30. The van der Waals surface area contributed by atoms with Gasteiger partial charge in [0.2, 0.25) is 0 Å². The standard InChI is InChI=1S/C50H44N2.C7H8/c1-37-5-27-46(28-6-37)51(4)47-33-19-42(20-34-47)13-11-40-15-23-44(24-16-40)45-25-17-41(18-26-45)12-14-43-21-35-50(36-22-43)52(48-29-7-38(2)8-30-48)49-31-9-39(3)10-32-49;1-7-5-3-2-4-6-7/h5-36H,1-4H3;2-6H,1H3/b13-11+,14-12+;. The predicted octanol–water partition coefficient (Wildman–Crippen LogP) is 15.9. The largest absolute Gasteiger partial charge is 0.345 e. The molecule has 8 aromatic rings. The van der Waals surface area contributed by atoms with E-state index in [0.717, 1.165) is 22.6 Å². The van der Waals surface area contributed by atoms with Crippen molar-refractivity contribution >= 4 is 52.7 Å². The molecule has 0 saturated heterocycles. The molecule has 0 bridgehead atoms. The van der Waals surface area contributed by atoms with E-state index in [1.807, 2.05) is 18.2 Å². The summed E-state index contributed by atoms with van der Waals surface area (Å²) in [6.07, 6.45) is 8.70. The number of benzene rings is 8. The highest BCUT2D eigenvalue weighted by atomic mass is 15.1. The molecule has 0 fully saturated rings. The number of anilines is 5. The molecule has 0 heterocycles. The van der Waals surface area contributed by atoms with Crippen LogP contribution in [0.3, 0.4) is 0 Å². The molecule has 2 heteroatoms. The zero-order valence-corrected chi connectivity index (χ0v) is 34.8. The van der Waals surface area contributed by atoms with Crippen LogP contribution in [0.25, 0.3) is 35.4 Å². The topological polar surface area (TPSA) is 6.48 Å². The molecule has 0 amide bonds. The summed E-state index contributed by atoms with van der Waals surface area (Å²) in [4.78, 5) is 4.51. The molecule has 0 atom stereocenters. The van der Waals surface area contributed by atoms with E-state index in [1.54, 1.807) is 0 Å². The molecule has 0 spiro atoms. The van der Waals surface area contributed by atoms with Crippen molar-refractivity contribution in [2.75, 3.05) is 16.8 Å². The van der Waals surface area contributed by atoms with E-state index < -0.39 is 0 Å². The summed E-state index contributed by atoms with van der Waals surface area (Å²) >= 11 is 0. The first-order valence-corrected chi connectivity index (χ1v) is 20.3. The Morgan fingerprint density at radius 2 is 0.525 bits per heavy atom. The highest BCUT2D eigenvalue weighted by Crippen LogP contribution is 2.35. The van der Waals surface area contributed by atoms with Crippen molar-refractivity contribution in [1.29, 1.82) is 0 Å². The van der Waals surface area contributed by atoms with Gasteiger partial charge < -0.3 is 9.80 Å². The fourth-order valence-corrected chi connectivity index (χ4v) is 6.79. The fourth-order valence-electron chi connectivity index (χ4n) is 6.79. The Bertz CT molecular complexity index is 2520. The number of hydrogen-bond acceptors (Lipinski definition) is 2. The van der Waals surface area contributed by atoms with Crippen LogP contribution in [-0.4, -0.2) is 7.05 Å². The van der Waals surface area contributed by atoms with Crippen LogP contribution in [0.4, 0.5) is 28.4 Å². The minimum absolute atomic E-state index is 1.13. The molecule has 59 heavy (non-hydrogen) atoms. The van der Waals surface area contributed by atoms with Crippen LogP contribution in [0, 0.1) is 27.7 Å². The lowest BCUT2D eigenvalue weighted by molar-refractivity contribution is 1.20. The van der Waals surface area contributed by atoms with Crippen LogP contribution in [0.2, 0.25) is 0 Å². The van der Waals surface area contributed by atoms with Gasteiger partial charge in [0.05, 0.1) is 0 Å². The highest BCUT2D eigenvalue weighted by molar-refractivity contribution is 5.79. The average Bonchev–Trinajstić information content (AvgIpc) is 3.28. The maximum atomic E-state index is 2.30. The van der Waals surface area contributed by atoms with Crippen LogP contribution in [0.5, 0.6) is 0 Å². The van der Waals surface area contributed by atoms with Gasteiger partial charge >= 0.3 is 0 Å². The van der Waals surface area contributed by atoms with Gasteiger partial charge in [-0.1, -0.05) is 186 Å². The molecule has 0 N–H and O–H groups in total. The quantitative estimate of drug-likeness (QED) is 0.128. The number of nitrogens with zero attached hydrogens (tertiary/aromatic N) is 2. The Morgan fingerprint density at radius 3 is 0.831 bits per heavy atom. The molecule has 0 aliphatic rings. The van der Waals surface area contributed by atoms with E-state index in [4.69, 9.17) is 0 Å². The SMILES string of the molecule is Cc1ccc(N(C)c2ccc(/C=C/c3ccc(-c4ccc(/C=C/c5ccc(N(c6ccc(C)cc6)c6ccc(C)cc6)cc5)cc4)cc3)cc2)cc1.Cc1ccccc1. The second-order valence-electron chi connectivity index (χ2n) is 15.1. The van der Waals surface area contributed by atoms with Gasteiger partial charge in [-0.05, 0) is 122 Å². The van der Waals surface area contributed by atoms with Crippen LogP contribution < -0.4 is 9.80 Å². The summed E-state index contributed by atoms with van der Waals surface area (Å²) in [7, 11) is 2.11. The monoisotopic (exact) mass is 764 g/mol. The molecule has 8 rings (SSSR count). The van der Waals surface area contributed by atoms with Gasteiger partial charge in [0.25, 0.3) is 0 Å². The van der Waals surface area contributed by atoms with E-state index in [0.29, 0.717) is 0 Å². The molecule has 0 aliphatic carbocycles. The lowest BCUT2D eigenvalue weighted by Crippen LogP contribution is -2.09. The molecule has 0 radical (unpaired) electrons. The Hall–Kier alpha value is -7.16. The van der Waals surface area contributed by atoms with Gasteiger partial charge in [0.1, 0.15) is 0 Å². The van der Waals surface area contributed by atoms with Crippen LogP contribution >= 0.6 is 0 Å². The molecular weight excluding hydrogens is 713 g/mol. The lowest BCUT2D eigenvalue weighted by atomic mass is 10.0. The van der Waals surface area contributed by atoms with Crippen molar-refractivity contribution in [2.45, 2.75) is 27.7 Å². The summed E-state index contributed by atoms with van der Waals surface area (Å²) in [6, 6.07) is 71.3. The van der Waals surface area contributed by atoms with Crippen LogP contribution in [-0.2, 0) is 0 Å². The summed E-state index contributed by atoms with van der Waals surface area (Å²) in [5.41, 5.74) is 18.0. The second-order valence-corrected chi connectivity index (χ2v) is 15.1. The Morgan fingerprint density at radius 1 is 0.271 bits per heavy atom. The van der Waals surface area contributed by atoms with E-state index >= 15 is 0 Å². The Kier molecular flexibility index (Phi) is 13.1. The van der Waals surface area contributed by atoms with E-state index in [9.17, 15) is 0 Å². The molecule has 0 unspecified atom stereocenters. The molecule has 0 aliphatic heterocycles. The van der Waals surface area contributed by atoms with E-state index in [1.165, 1.54) is 61.4 Å². The molecular formula is C57H52N2. The second kappa shape index (κ2) is 19.3. The maximum Gasteiger partial charge on any atom is 0.0462 e. The molecule has 2 nitrogen and oxygen atoms in total. The summed E-state index contributed by atoms with van der Waals surface area (Å²) in [5.74, 6) is 0. The normalized spacial score (nSPS) is 11.0. The zero-order valence-electron chi connectivity index (χ0n) is 34.8. The number of rotatable bonds is 10. The van der Waals surface area contributed by atoms with E-state index in [-0.39, 0.29) is 0 Å². The van der Waals surface area contributed by atoms with Gasteiger partial charge in [0.15, 0.2) is 0 Å². The minimum atomic E-state index is 1.13. The minimum Gasteiger partial charge on any atom is -0.345 e. The van der Waals surface area contributed by atoms with Gasteiger partial charge in [-0.25, -0.2) is 0 Å². The van der Waals surface area contributed by atoms with Crippen molar-refractivity contribution in [3.63, 3.8) is 0 Å².